The summed E-state index contributed by atoms with van der Waals surface area (Å²) in [5.41, 5.74) is 6.57. The van der Waals surface area contributed by atoms with E-state index in [1.807, 2.05) is 12.3 Å². The van der Waals surface area contributed by atoms with E-state index in [0.717, 1.165) is 37.4 Å². The van der Waals surface area contributed by atoms with Crippen LogP contribution < -0.4 is 10.6 Å². The monoisotopic (exact) mass is 268 g/mol. The average molecular weight is 269 g/mol. The Bertz CT molecular complexity index is 410. The van der Waals surface area contributed by atoms with Crippen LogP contribution in [0.2, 0.25) is 5.02 Å². The van der Waals surface area contributed by atoms with Gasteiger partial charge in [-0.05, 0) is 38.6 Å². The summed E-state index contributed by atoms with van der Waals surface area (Å²) in [6.45, 7) is 5.86. The Kier molecular flexibility index (Phi) is 4.43. The predicted octanol–water partition coefficient (Wildman–Crippen LogP) is 1.72. The molecule has 0 aliphatic carbocycles. The number of nitrogens with two attached hydrogens (primary N) is 1. The standard InChI is InChI=1S/C13H21ClN4/c1-10-9-17(2)4-3-5-18(10)13-12(14)6-11(7-15)8-16-13/h6,8,10H,3-5,7,9,15H2,1-2H3. The first-order valence-electron chi connectivity index (χ1n) is 6.41. The smallest absolute Gasteiger partial charge is 0.147 e. The Morgan fingerprint density at radius 3 is 2.94 bits per heavy atom. The van der Waals surface area contributed by atoms with Gasteiger partial charge in [-0.25, -0.2) is 4.98 Å². The zero-order valence-corrected chi connectivity index (χ0v) is 11.8. The van der Waals surface area contributed by atoms with Crippen molar-refractivity contribution in [2.45, 2.75) is 25.9 Å². The second kappa shape index (κ2) is 5.87. The second-order valence-corrected chi connectivity index (χ2v) is 5.42. The van der Waals surface area contributed by atoms with Crippen LogP contribution in [0, 0.1) is 0 Å². The Morgan fingerprint density at radius 1 is 1.50 bits per heavy atom. The molecule has 1 atom stereocenters. The second-order valence-electron chi connectivity index (χ2n) is 5.01. The minimum absolute atomic E-state index is 0.422. The van der Waals surface area contributed by atoms with Gasteiger partial charge in [-0.15, -0.1) is 0 Å². The number of likely N-dealkylation sites (N-methyl/N-ethyl adjacent to an activating group) is 1. The maximum Gasteiger partial charge on any atom is 0.147 e. The summed E-state index contributed by atoms with van der Waals surface area (Å²) in [6, 6.07) is 2.34. The Morgan fingerprint density at radius 2 is 2.28 bits per heavy atom. The fraction of sp³-hybridized carbons (Fsp3) is 0.615. The van der Waals surface area contributed by atoms with Gasteiger partial charge in [0, 0.05) is 31.9 Å². The van der Waals surface area contributed by atoms with Crippen LogP contribution in [0.25, 0.3) is 0 Å². The third kappa shape index (κ3) is 2.94. The first-order valence-corrected chi connectivity index (χ1v) is 6.79. The zero-order valence-electron chi connectivity index (χ0n) is 11.1. The SMILES string of the molecule is CC1CN(C)CCCN1c1ncc(CN)cc1Cl. The third-order valence-corrected chi connectivity index (χ3v) is 3.71. The summed E-state index contributed by atoms with van der Waals surface area (Å²) in [6.07, 6.45) is 2.96. The van der Waals surface area contributed by atoms with E-state index in [0.29, 0.717) is 17.6 Å². The minimum Gasteiger partial charge on any atom is -0.351 e. The molecule has 2 heterocycles. The lowest BCUT2D eigenvalue weighted by Gasteiger charge is -2.29. The summed E-state index contributed by atoms with van der Waals surface area (Å²) >= 11 is 6.32. The molecule has 1 saturated heterocycles. The molecule has 0 amide bonds. The van der Waals surface area contributed by atoms with Crippen molar-refractivity contribution in [1.82, 2.24) is 9.88 Å². The van der Waals surface area contributed by atoms with E-state index in [2.05, 4.69) is 28.8 Å². The molecule has 0 saturated carbocycles. The first-order chi connectivity index (χ1) is 8.61. The summed E-state index contributed by atoms with van der Waals surface area (Å²) in [5, 5.41) is 0.703. The van der Waals surface area contributed by atoms with E-state index < -0.39 is 0 Å². The lowest BCUT2D eigenvalue weighted by atomic mass is 10.2. The van der Waals surface area contributed by atoms with Crippen LogP contribution in [-0.2, 0) is 6.54 Å². The molecule has 2 N–H and O–H groups in total. The van der Waals surface area contributed by atoms with Gasteiger partial charge in [-0.1, -0.05) is 11.6 Å². The van der Waals surface area contributed by atoms with E-state index in [9.17, 15) is 0 Å². The van der Waals surface area contributed by atoms with Gasteiger partial charge in [-0.2, -0.15) is 0 Å². The number of rotatable bonds is 2. The highest BCUT2D eigenvalue weighted by molar-refractivity contribution is 6.33. The molecule has 4 nitrogen and oxygen atoms in total. The fourth-order valence-electron chi connectivity index (χ4n) is 2.48. The van der Waals surface area contributed by atoms with Crippen LogP contribution in [0.3, 0.4) is 0 Å². The van der Waals surface area contributed by atoms with Crippen LogP contribution in [-0.4, -0.2) is 42.6 Å². The number of aromatic nitrogens is 1. The molecule has 1 aromatic rings. The van der Waals surface area contributed by atoms with Gasteiger partial charge in [0.25, 0.3) is 0 Å². The summed E-state index contributed by atoms with van der Waals surface area (Å²) in [5.74, 6) is 0.886. The van der Waals surface area contributed by atoms with E-state index in [-0.39, 0.29) is 0 Å². The van der Waals surface area contributed by atoms with E-state index >= 15 is 0 Å². The average Bonchev–Trinajstić information content (AvgIpc) is 2.50. The predicted molar refractivity (Wildman–Crippen MR) is 76.1 cm³/mol. The van der Waals surface area contributed by atoms with Crippen LogP contribution in [0.15, 0.2) is 12.3 Å². The molecule has 1 aliphatic rings. The normalized spacial score (nSPS) is 22.0. The van der Waals surface area contributed by atoms with Gasteiger partial charge in [0.1, 0.15) is 5.82 Å². The molecule has 0 aromatic carbocycles. The molecule has 2 rings (SSSR count). The summed E-state index contributed by atoms with van der Waals surface area (Å²) in [7, 11) is 2.16. The van der Waals surface area contributed by atoms with Crippen LogP contribution in [0.5, 0.6) is 0 Å². The van der Waals surface area contributed by atoms with Gasteiger partial charge in [0.2, 0.25) is 0 Å². The molecule has 100 valence electrons. The minimum atomic E-state index is 0.422. The van der Waals surface area contributed by atoms with Crippen molar-refractivity contribution in [3.8, 4) is 0 Å². The Labute approximate surface area is 114 Å². The fourth-order valence-corrected chi connectivity index (χ4v) is 2.78. The van der Waals surface area contributed by atoms with Gasteiger partial charge in [0.05, 0.1) is 5.02 Å². The molecular formula is C13H21ClN4. The van der Waals surface area contributed by atoms with Crippen molar-refractivity contribution < 1.29 is 0 Å². The molecule has 5 heteroatoms. The van der Waals surface area contributed by atoms with Crippen molar-refractivity contribution in [1.29, 1.82) is 0 Å². The number of hydrogen-bond acceptors (Lipinski definition) is 4. The molecule has 1 aliphatic heterocycles. The van der Waals surface area contributed by atoms with Gasteiger partial charge >= 0.3 is 0 Å². The lowest BCUT2D eigenvalue weighted by molar-refractivity contribution is 0.337. The Balaban J connectivity index is 2.24. The Hall–Kier alpha value is -0.840. The third-order valence-electron chi connectivity index (χ3n) is 3.43. The maximum absolute atomic E-state index is 6.32. The number of hydrogen-bond donors (Lipinski definition) is 1. The molecule has 0 bridgehead atoms. The number of pyridine rings is 1. The van der Waals surface area contributed by atoms with E-state index in [1.165, 1.54) is 0 Å². The highest BCUT2D eigenvalue weighted by atomic mass is 35.5. The molecular weight excluding hydrogens is 248 g/mol. The molecule has 1 aromatic heterocycles. The van der Waals surface area contributed by atoms with E-state index in [4.69, 9.17) is 17.3 Å². The lowest BCUT2D eigenvalue weighted by Crippen LogP contribution is -2.38. The molecule has 0 radical (unpaired) electrons. The number of anilines is 1. The van der Waals surface area contributed by atoms with E-state index in [1.54, 1.807) is 0 Å². The van der Waals surface area contributed by atoms with Crippen molar-refractivity contribution in [3.63, 3.8) is 0 Å². The van der Waals surface area contributed by atoms with Crippen molar-refractivity contribution in [2.75, 3.05) is 31.6 Å². The first kappa shape index (κ1) is 13.6. The molecule has 18 heavy (non-hydrogen) atoms. The molecule has 0 spiro atoms. The van der Waals surface area contributed by atoms with Crippen LogP contribution in [0.4, 0.5) is 5.82 Å². The van der Waals surface area contributed by atoms with Crippen LogP contribution in [0.1, 0.15) is 18.9 Å². The van der Waals surface area contributed by atoms with Gasteiger partial charge < -0.3 is 15.5 Å². The molecule has 1 fully saturated rings. The number of halogens is 1. The van der Waals surface area contributed by atoms with Gasteiger partial charge in [-0.3, -0.25) is 0 Å². The number of nitrogens with zero attached hydrogens (tertiary/aromatic N) is 3. The topological polar surface area (TPSA) is 45.4 Å². The molecule has 1 unspecified atom stereocenters. The quantitative estimate of drug-likeness (QED) is 0.887. The summed E-state index contributed by atoms with van der Waals surface area (Å²) in [4.78, 5) is 9.14. The van der Waals surface area contributed by atoms with Crippen molar-refractivity contribution in [2.24, 2.45) is 5.73 Å². The maximum atomic E-state index is 6.32. The highest BCUT2D eigenvalue weighted by Crippen LogP contribution is 2.27. The largest absolute Gasteiger partial charge is 0.351 e. The van der Waals surface area contributed by atoms with Crippen molar-refractivity contribution >= 4 is 17.4 Å². The summed E-state index contributed by atoms with van der Waals surface area (Å²) < 4.78 is 0. The van der Waals surface area contributed by atoms with Gasteiger partial charge in [0.15, 0.2) is 0 Å². The highest BCUT2D eigenvalue weighted by Gasteiger charge is 2.22. The van der Waals surface area contributed by atoms with Crippen molar-refractivity contribution in [3.05, 3.63) is 22.8 Å². The van der Waals surface area contributed by atoms with Crippen LogP contribution >= 0.6 is 11.6 Å². The zero-order chi connectivity index (χ0) is 13.1.